The molecule has 0 saturated heterocycles. The van der Waals surface area contributed by atoms with E-state index in [0.717, 1.165) is 37.3 Å². The molecular formula is C13H22N6. The molecule has 0 aliphatic carbocycles. The SMILES string of the molecule is CCCNC(c1ccn(C)n1)c1cnnn1CCC. The highest BCUT2D eigenvalue weighted by atomic mass is 15.4. The minimum atomic E-state index is 0.0581. The van der Waals surface area contributed by atoms with E-state index in [1.165, 1.54) is 0 Å². The van der Waals surface area contributed by atoms with Crippen LogP contribution < -0.4 is 5.32 Å². The first-order valence-electron chi connectivity index (χ1n) is 6.87. The van der Waals surface area contributed by atoms with Gasteiger partial charge in [0.2, 0.25) is 0 Å². The van der Waals surface area contributed by atoms with E-state index >= 15 is 0 Å². The molecule has 0 radical (unpaired) electrons. The van der Waals surface area contributed by atoms with Crippen molar-refractivity contribution in [2.45, 2.75) is 39.3 Å². The molecule has 19 heavy (non-hydrogen) atoms. The summed E-state index contributed by atoms with van der Waals surface area (Å²) >= 11 is 0. The van der Waals surface area contributed by atoms with Crippen LogP contribution in [0.2, 0.25) is 0 Å². The van der Waals surface area contributed by atoms with Crippen molar-refractivity contribution < 1.29 is 0 Å². The minimum Gasteiger partial charge on any atom is -0.304 e. The van der Waals surface area contributed by atoms with Gasteiger partial charge in [0.05, 0.1) is 23.6 Å². The molecule has 0 spiro atoms. The molecule has 0 aromatic carbocycles. The predicted octanol–water partition coefficient (Wildman–Crippen LogP) is 1.51. The summed E-state index contributed by atoms with van der Waals surface area (Å²) in [5.74, 6) is 0. The van der Waals surface area contributed by atoms with Gasteiger partial charge in [0, 0.05) is 19.8 Å². The van der Waals surface area contributed by atoms with Crippen LogP contribution >= 0.6 is 0 Å². The summed E-state index contributed by atoms with van der Waals surface area (Å²) in [5.41, 5.74) is 2.09. The number of aromatic nitrogens is 5. The Labute approximate surface area is 113 Å². The molecule has 0 fully saturated rings. The Kier molecular flexibility index (Phi) is 4.68. The molecule has 0 saturated carbocycles. The molecule has 1 unspecified atom stereocenters. The van der Waals surface area contributed by atoms with E-state index in [0.29, 0.717) is 0 Å². The second-order valence-corrected chi connectivity index (χ2v) is 4.68. The van der Waals surface area contributed by atoms with Gasteiger partial charge in [-0.15, -0.1) is 5.10 Å². The highest BCUT2D eigenvalue weighted by Gasteiger charge is 2.20. The molecule has 2 rings (SSSR count). The van der Waals surface area contributed by atoms with Gasteiger partial charge in [0.1, 0.15) is 0 Å². The molecule has 104 valence electrons. The Bertz CT molecular complexity index is 501. The third-order valence-corrected chi connectivity index (χ3v) is 3.01. The number of hydrogen-bond donors (Lipinski definition) is 1. The molecule has 2 heterocycles. The third kappa shape index (κ3) is 3.20. The molecule has 2 aromatic heterocycles. The monoisotopic (exact) mass is 262 g/mol. The van der Waals surface area contributed by atoms with E-state index in [4.69, 9.17) is 0 Å². The fraction of sp³-hybridized carbons (Fsp3) is 0.615. The van der Waals surface area contributed by atoms with Gasteiger partial charge in [-0.05, 0) is 25.5 Å². The second-order valence-electron chi connectivity index (χ2n) is 4.68. The predicted molar refractivity (Wildman–Crippen MR) is 73.7 cm³/mol. The molecule has 6 nitrogen and oxygen atoms in total. The zero-order valence-electron chi connectivity index (χ0n) is 11.9. The third-order valence-electron chi connectivity index (χ3n) is 3.01. The maximum Gasteiger partial charge on any atom is 0.0957 e. The molecule has 1 atom stereocenters. The van der Waals surface area contributed by atoms with Gasteiger partial charge in [0.15, 0.2) is 0 Å². The summed E-state index contributed by atoms with van der Waals surface area (Å²) in [6.45, 7) is 6.12. The average molecular weight is 262 g/mol. The van der Waals surface area contributed by atoms with Crippen LogP contribution in [0.25, 0.3) is 0 Å². The summed E-state index contributed by atoms with van der Waals surface area (Å²) in [6.07, 6.45) is 5.92. The number of hydrogen-bond acceptors (Lipinski definition) is 4. The van der Waals surface area contributed by atoms with Gasteiger partial charge in [-0.3, -0.25) is 4.68 Å². The van der Waals surface area contributed by atoms with Crippen LogP contribution in [-0.4, -0.2) is 31.3 Å². The second kappa shape index (κ2) is 6.47. The summed E-state index contributed by atoms with van der Waals surface area (Å²) < 4.78 is 3.78. The molecule has 0 aliphatic rings. The lowest BCUT2D eigenvalue weighted by molar-refractivity contribution is 0.495. The topological polar surface area (TPSA) is 60.6 Å². The van der Waals surface area contributed by atoms with Crippen LogP contribution in [0.4, 0.5) is 0 Å². The van der Waals surface area contributed by atoms with Crippen LogP contribution in [0, 0.1) is 0 Å². The lowest BCUT2D eigenvalue weighted by atomic mass is 10.1. The number of nitrogens with one attached hydrogen (secondary N) is 1. The Morgan fingerprint density at radius 2 is 2.16 bits per heavy atom. The molecule has 0 amide bonds. The van der Waals surface area contributed by atoms with Crippen molar-refractivity contribution in [2.24, 2.45) is 7.05 Å². The standard InChI is InChI=1S/C13H22N6/c1-4-7-14-13(11-6-9-18(3)16-11)12-10-15-17-19(12)8-5-2/h6,9-10,13-14H,4-5,7-8H2,1-3H3. The maximum atomic E-state index is 4.51. The first kappa shape index (κ1) is 13.7. The van der Waals surface area contributed by atoms with Crippen molar-refractivity contribution in [2.75, 3.05) is 6.54 Å². The Balaban J connectivity index is 2.28. The largest absolute Gasteiger partial charge is 0.304 e. The quantitative estimate of drug-likeness (QED) is 0.821. The summed E-state index contributed by atoms with van der Waals surface area (Å²) in [5, 5.41) is 16.2. The molecule has 6 heteroatoms. The summed E-state index contributed by atoms with van der Waals surface area (Å²) in [6, 6.07) is 2.10. The van der Waals surface area contributed by atoms with E-state index in [2.05, 4.69) is 34.6 Å². The van der Waals surface area contributed by atoms with Gasteiger partial charge in [-0.25, -0.2) is 4.68 Å². The Hall–Kier alpha value is -1.69. The smallest absolute Gasteiger partial charge is 0.0957 e. The zero-order chi connectivity index (χ0) is 13.7. The number of aryl methyl sites for hydroxylation is 2. The van der Waals surface area contributed by atoms with Gasteiger partial charge >= 0.3 is 0 Å². The van der Waals surface area contributed by atoms with Crippen molar-refractivity contribution in [3.8, 4) is 0 Å². The van der Waals surface area contributed by atoms with E-state index in [9.17, 15) is 0 Å². The van der Waals surface area contributed by atoms with Crippen LogP contribution in [0.3, 0.4) is 0 Å². The number of nitrogens with zero attached hydrogens (tertiary/aromatic N) is 5. The summed E-state index contributed by atoms with van der Waals surface area (Å²) in [7, 11) is 1.93. The zero-order valence-corrected chi connectivity index (χ0v) is 11.9. The van der Waals surface area contributed by atoms with Gasteiger partial charge in [-0.2, -0.15) is 5.10 Å². The fourth-order valence-electron chi connectivity index (χ4n) is 2.11. The van der Waals surface area contributed by atoms with E-state index < -0.39 is 0 Å². The van der Waals surface area contributed by atoms with Gasteiger partial charge in [0.25, 0.3) is 0 Å². The summed E-state index contributed by atoms with van der Waals surface area (Å²) in [4.78, 5) is 0. The average Bonchev–Trinajstić information content (AvgIpc) is 3.01. The lowest BCUT2D eigenvalue weighted by Crippen LogP contribution is -2.26. The normalized spacial score (nSPS) is 12.8. The highest BCUT2D eigenvalue weighted by Crippen LogP contribution is 2.19. The molecule has 0 bridgehead atoms. The molecule has 2 aromatic rings. The van der Waals surface area contributed by atoms with Gasteiger partial charge in [-0.1, -0.05) is 19.1 Å². The van der Waals surface area contributed by atoms with Crippen molar-refractivity contribution >= 4 is 0 Å². The van der Waals surface area contributed by atoms with E-state index in [1.54, 1.807) is 0 Å². The first-order chi connectivity index (χ1) is 9.26. The van der Waals surface area contributed by atoms with E-state index in [-0.39, 0.29) is 6.04 Å². The molecule has 1 N–H and O–H groups in total. The minimum absolute atomic E-state index is 0.0581. The van der Waals surface area contributed by atoms with E-state index in [1.807, 2.05) is 34.9 Å². The van der Waals surface area contributed by atoms with Crippen LogP contribution in [-0.2, 0) is 13.6 Å². The van der Waals surface area contributed by atoms with Crippen LogP contribution in [0.15, 0.2) is 18.5 Å². The van der Waals surface area contributed by atoms with Gasteiger partial charge < -0.3 is 5.32 Å². The fourth-order valence-corrected chi connectivity index (χ4v) is 2.11. The molecule has 0 aliphatic heterocycles. The van der Waals surface area contributed by atoms with Crippen molar-refractivity contribution in [1.82, 2.24) is 30.1 Å². The Morgan fingerprint density at radius 1 is 1.32 bits per heavy atom. The van der Waals surface area contributed by atoms with Crippen molar-refractivity contribution in [3.63, 3.8) is 0 Å². The highest BCUT2D eigenvalue weighted by molar-refractivity contribution is 5.18. The number of rotatable bonds is 7. The van der Waals surface area contributed by atoms with Crippen LogP contribution in [0.1, 0.15) is 44.1 Å². The first-order valence-corrected chi connectivity index (χ1v) is 6.87. The van der Waals surface area contributed by atoms with Crippen molar-refractivity contribution in [1.29, 1.82) is 0 Å². The molecular weight excluding hydrogens is 240 g/mol. The maximum absolute atomic E-state index is 4.51. The lowest BCUT2D eigenvalue weighted by Gasteiger charge is -2.17. The Morgan fingerprint density at radius 3 is 2.79 bits per heavy atom. The van der Waals surface area contributed by atoms with Crippen LogP contribution in [0.5, 0.6) is 0 Å². The van der Waals surface area contributed by atoms with Crippen molar-refractivity contribution in [3.05, 3.63) is 29.8 Å².